The molecule has 0 aromatic rings. The van der Waals surface area contributed by atoms with E-state index in [1.807, 2.05) is 6.92 Å². The SMILES string of the molecule is CCCCCN1C=CN(C)C1OS(=O)(=O)C(F)(F)F. The average Bonchev–Trinajstić information content (AvgIpc) is 2.60. The minimum atomic E-state index is -5.60. The quantitative estimate of drug-likeness (QED) is 0.427. The van der Waals surface area contributed by atoms with Gasteiger partial charge in [-0.3, -0.25) is 0 Å². The van der Waals surface area contributed by atoms with E-state index in [-0.39, 0.29) is 0 Å². The van der Waals surface area contributed by atoms with Gasteiger partial charge < -0.3 is 9.80 Å². The highest BCUT2D eigenvalue weighted by Crippen LogP contribution is 2.28. The molecule has 0 saturated heterocycles. The van der Waals surface area contributed by atoms with Crippen molar-refractivity contribution in [3.05, 3.63) is 12.4 Å². The molecule has 0 amide bonds. The summed E-state index contributed by atoms with van der Waals surface area (Å²) in [6.07, 6.45) is 4.34. The maximum Gasteiger partial charge on any atom is 0.523 e. The fraction of sp³-hybridized carbons (Fsp3) is 0.800. The highest BCUT2D eigenvalue weighted by molar-refractivity contribution is 7.87. The van der Waals surface area contributed by atoms with Crippen LogP contribution in [0.4, 0.5) is 13.2 Å². The minimum absolute atomic E-state index is 0.437. The lowest BCUT2D eigenvalue weighted by molar-refractivity contribution is -0.0769. The van der Waals surface area contributed by atoms with Gasteiger partial charge in [0.25, 0.3) is 0 Å². The number of halogens is 3. The first-order valence-electron chi connectivity index (χ1n) is 5.84. The van der Waals surface area contributed by atoms with Crippen LogP contribution >= 0.6 is 0 Å². The maximum absolute atomic E-state index is 12.3. The number of rotatable bonds is 6. The van der Waals surface area contributed by atoms with Crippen LogP contribution in [0.1, 0.15) is 26.2 Å². The molecule has 1 aliphatic heterocycles. The molecule has 0 radical (unpaired) electrons. The van der Waals surface area contributed by atoms with Gasteiger partial charge in [0.1, 0.15) is 0 Å². The standard InChI is InChI=1S/C10H17F3N2O3S/c1-3-4-5-6-15-8-7-14(2)9(15)18-19(16,17)10(11,12)13/h7-9H,3-6H2,1-2H3. The molecule has 1 rings (SSSR count). The molecule has 9 heteroatoms. The van der Waals surface area contributed by atoms with Crippen LogP contribution in [-0.2, 0) is 14.3 Å². The van der Waals surface area contributed by atoms with Crippen LogP contribution in [-0.4, -0.2) is 43.7 Å². The Kier molecular flexibility index (Phi) is 5.08. The Balaban J connectivity index is 2.69. The third-order valence-electron chi connectivity index (χ3n) is 2.64. The zero-order chi connectivity index (χ0) is 14.7. The number of nitrogens with zero attached hydrogens (tertiary/aromatic N) is 2. The van der Waals surface area contributed by atoms with Crippen molar-refractivity contribution in [2.75, 3.05) is 13.6 Å². The van der Waals surface area contributed by atoms with E-state index in [4.69, 9.17) is 0 Å². The second-order valence-corrected chi connectivity index (χ2v) is 5.79. The summed E-state index contributed by atoms with van der Waals surface area (Å²) >= 11 is 0. The predicted molar refractivity (Wildman–Crippen MR) is 63.0 cm³/mol. The molecule has 1 unspecified atom stereocenters. The van der Waals surface area contributed by atoms with Crippen molar-refractivity contribution in [2.45, 2.75) is 38.0 Å². The lowest BCUT2D eigenvalue weighted by Crippen LogP contribution is -2.43. The van der Waals surface area contributed by atoms with Gasteiger partial charge >= 0.3 is 15.6 Å². The molecule has 0 saturated carbocycles. The minimum Gasteiger partial charge on any atom is -0.336 e. The number of alkyl halides is 3. The Labute approximate surface area is 110 Å². The second kappa shape index (κ2) is 6.00. The Morgan fingerprint density at radius 2 is 1.89 bits per heavy atom. The van der Waals surface area contributed by atoms with Crippen molar-refractivity contribution in [3.63, 3.8) is 0 Å². The summed E-state index contributed by atoms with van der Waals surface area (Å²) in [4.78, 5) is 2.70. The molecule has 0 bridgehead atoms. The van der Waals surface area contributed by atoms with Gasteiger partial charge in [-0.05, 0) is 6.42 Å². The lowest BCUT2D eigenvalue weighted by Gasteiger charge is -2.29. The van der Waals surface area contributed by atoms with E-state index >= 15 is 0 Å². The third kappa shape index (κ3) is 4.00. The molecule has 0 N–H and O–H groups in total. The first-order chi connectivity index (χ1) is 8.69. The first kappa shape index (κ1) is 16.1. The molecule has 0 aromatic heterocycles. The third-order valence-corrected chi connectivity index (χ3v) is 3.63. The molecule has 112 valence electrons. The largest absolute Gasteiger partial charge is 0.523 e. The number of unbranched alkanes of at least 4 members (excludes halogenated alkanes) is 2. The van der Waals surface area contributed by atoms with Crippen LogP contribution in [0.3, 0.4) is 0 Å². The van der Waals surface area contributed by atoms with Crippen molar-refractivity contribution in [1.29, 1.82) is 0 Å². The zero-order valence-electron chi connectivity index (χ0n) is 10.7. The molecule has 0 fully saturated rings. The Morgan fingerprint density at radius 1 is 1.26 bits per heavy atom. The van der Waals surface area contributed by atoms with E-state index in [0.717, 1.165) is 19.3 Å². The van der Waals surface area contributed by atoms with Crippen molar-refractivity contribution in [2.24, 2.45) is 0 Å². The van der Waals surface area contributed by atoms with Gasteiger partial charge in [0.15, 0.2) is 0 Å². The highest BCUT2D eigenvalue weighted by Gasteiger charge is 2.50. The van der Waals surface area contributed by atoms with Crippen LogP contribution in [0.2, 0.25) is 0 Å². The molecule has 0 aliphatic carbocycles. The van der Waals surface area contributed by atoms with Crippen LogP contribution < -0.4 is 0 Å². The van der Waals surface area contributed by atoms with Crippen LogP contribution in [0, 0.1) is 0 Å². The normalized spacial score (nSPS) is 20.4. The lowest BCUT2D eigenvalue weighted by atomic mass is 10.2. The summed E-state index contributed by atoms with van der Waals surface area (Å²) in [6, 6.07) is 0. The summed E-state index contributed by atoms with van der Waals surface area (Å²) in [6.45, 7) is 2.43. The van der Waals surface area contributed by atoms with Gasteiger partial charge in [-0.15, -0.1) is 0 Å². The Bertz CT molecular complexity index is 422. The summed E-state index contributed by atoms with van der Waals surface area (Å²) in [5, 5.41) is 0. The van der Waals surface area contributed by atoms with Gasteiger partial charge in [-0.2, -0.15) is 21.6 Å². The Morgan fingerprint density at radius 3 is 2.42 bits per heavy atom. The van der Waals surface area contributed by atoms with E-state index in [1.54, 1.807) is 0 Å². The summed E-state index contributed by atoms with van der Waals surface area (Å²) in [5.74, 6) is 0. The smallest absolute Gasteiger partial charge is 0.336 e. The van der Waals surface area contributed by atoms with Crippen LogP contribution in [0.25, 0.3) is 0 Å². The predicted octanol–water partition coefficient (Wildman–Crippen LogP) is 2.04. The van der Waals surface area contributed by atoms with Gasteiger partial charge in [0.2, 0.25) is 6.35 Å². The fourth-order valence-corrected chi connectivity index (χ4v) is 2.17. The van der Waals surface area contributed by atoms with Crippen LogP contribution in [0.5, 0.6) is 0 Å². The fourth-order valence-electron chi connectivity index (χ4n) is 1.59. The Hall–Kier alpha value is -0.960. The van der Waals surface area contributed by atoms with Crippen molar-refractivity contribution >= 4 is 10.1 Å². The van der Waals surface area contributed by atoms with E-state index < -0.39 is 22.0 Å². The molecule has 19 heavy (non-hydrogen) atoms. The number of hydrogen-bond acceptors (Lipinski definition) is 5. The molecule has 1 aliphatic rings. The molecule has 0 spiro atoms. The van der Waals surface area contributed by atoms with E-state index in [1.165, 1.54) is 29.2 Å². The molecule has 0 aromatic carbocycles. The highest BCUT2D eigenvalue weighted by atomic mass is 32.2. The van der Waals surface area contributed by atoms with E-state index in [0.29, 0.717) is 6.54 Å². The molecular formula is C10H17F3N2O3S. The molecular weight excluding hydrogens is 285 g/mol. The average molecular weight is 302 g/mol. The van der Waals surface area contributed by atoms with Crippen LogP contribution in [0.15, 0.2) is 12.4 Å². The summed E-state index contributed by atoms with van der Waals surface area (Å²) in [7, 11) is -4.15. The first-order valence-corrected chi connectivity index (χ1v) is 7.25. The second-order valence-electron chi connectivity index (χ2n) is 4.23. The van der Waals surface area contributed by atoms with E-state index in [2.05, 4.69) is 4.18 Å². The van der Waals surface area contributed by atoms with Crippen molar-refractivity contribution < 1.29 is 25.8 Å². The maximum atomic E-state index is 12.3. The number of hydrogen-bond donors (Lipinski definition) is 0. The molecule has 1 atom stereocenters. The topological polar surface area (TPSA) is 49.9 Å². The van der Waals surface area contributed by atoms with Crippen molar-refractivity contribution in [3.8, 4) is 0 Å². The van der Waals surface area contributed by atoms with E-state index in [9.17, 15) is 21.6 Å². The van der Waals surface area contributed by atoms with Gasteiger partial charge in [-0.1, -0.05) is 19.8 Å². The monoisotopic (exact) mass is 302 g/mol. The zero-order valence-corrected chi connectivity index (χ0v) is 11.5. The van der Waals surface area contributed by atoms with Gasteiger partial charge in [0.05, 0.1) is 0 Å². The summed E-state index contributed by atoms with van der Waals surface area (Å²) in [5.41, 5.74) is -5.41. The van der Waals surface area contributed by atoms with Gasteiger partial charge in [0, 0.05) is 26.0 Å². The molecule has 1 heterocycles. The van der Waals surface area contributed by atoms with Gasteiger partial charge in [-0.25, -0.2) is 4.18 Å². The van der Waals surface area contributed by atoms with Crippen molar-refractivity contribution in [1.82, 2.24) is 9.80 Å². The molecule has 5 nitrogen and oxygen atoms in total. The summed E-state index contributed by atoms with van der Waals surface area (Å²) < 4.78 is 63.1.